The van der Waals surface area contributed by atoms with E-state index in [-0.39, 0.29) is 63.1 Å². The smallest absolute Gasteiger partial charge is 0.305 e. The molecule has 0 heterocycles. The summed E-state index contributed by atoms with van der Waals surface area (Å²) < 4.78 is 4.70. The van der Waals surface area contributed by atoms with Crippen LogP contribution in [-0.4, -0.2) is 40.2 Å². The first-order valence-corrected chi connectivity index (χ1v) is 21.7. The molecule has 340 valence electrons. The molecule has 9 nitrogen and oxygen atoms in total. The standard InChI is InChI=1S/C34H52N2O4.C18H28O3/c1-31(2,3)23-17-21(18-24(29(23)39)32(4,5)6)13-15-27(37)35-36-28(38)16-14-22-19-25(33(7,8)9)30(40)26(20-22)34(10,11)12;1-17(2,3)13-10-12(8-9-15(19)21-7)11-14(16(13)20)18(4,5)6/h17-20,39-40H,13-16H2,1-12H3,(H,35,37)(H,36,38);10-11,20H,8-9H2,1-7H3. The molecule has 5 N–H and O–H groups in total. The summed E-state index contributed by atoms with van der Waals surface area (Å²) in [7, 11) is 1.40. The second-order valence-corrected chi connectivity index (χ2v) is 22.8. The number of amides is 2. The number of methoxy groups -OCH3 is 1. The molecule has 2 amide bonds. The number of aryl methyl sites for hydroxylation is 3. The molecule has 0 spiro atoms. The quantitative estimate of drug-likeness (QED) is 0.106. The number of carbonyl (C=O) groups excluding carboxylic acids is 3. The Kier molecular flexibility index (Phi) is 17.0. The van der Waals surface area contributed by atoms with Crippen molar-refractivity contribution in [2.75, 3.05) is 7.11 Å². The Bertz CT molecular complexity index is 1820. The highest BCUT2D eigenvalue weighted by Gasteiger charge is 2.29. The van der Waals surface area contributed by atoms with E-state index >= 15 is 0 Å². The first-order chi connectivity index (χ1) is 27.5. The number of esters is 1. The van der Waals surface area contributed by atoms with Crippen LogP contribution in [-0.2, 0) is 70.9 Å². The van der Waals surface area contributed by atoms with Crippen LogP contribution >= 0.6 is 0 Å². The number of phenols is 3. The molecule has 0 atom stereocenters. The fourth-order valence-corrected chi connectivity index (χ4v) is 7.07. The zero-order valence-electron chi connectivity index (χ0n) is 41.2. The van der Waals surface area contributed by atoms with Crippen molar-refractivity contribution >= 4 is 17.8 Å². The van der Waals surface area contributed by atoms with Crippen LogP contribution in [0.15, 0.2) is 36.4 Å². The van der Waals surface area contributed by atoms with E-state index in [1.807, 2.05) is 36.4 Å². The van der Waals surface area contributed by atoms with E-state index in [4.69, 9.17) is 4.74 Å². The summed E-state index contributed by atoms with van der Waals surface area (Å²) in [4.78, 5) is 36.5. The lowest BCUT2D eigenvalue weighted by Gasteiger charge is -2.28. The molecule has 0 aliphatic rings. The van der Waals surface area contributed by atoms with Crippen LogP contribution in [0.3, 0.4) is 0 Å². The molecule has 61 heavy (non-hydrogen) atoms. The van der Waals surface area contributed by atoms with E-state index in [1.165, 1.54) is 7.11 Å². The summed E-state index contributed by atoms with van der Waals surface area (Å²) in [5.74, 6) is 0.252. The fraction of sp³-hybridized carbons (Fsp3) is 0.596. The number of hydrogen-bond acceptors (Lipinski definition) is 7. The zero-order chi connectivity index (χ0) is 47.3. The number of hydrogen-bond donors (Lipinski definition) is 5. The van der Waals surface area contributed by atoms with Gasteiger partial charge in [-0.25, -0.2) is 0 Å². The van der Waals surface area contributed by atoms with Gasteiger partial charge in [0.25, 0.3) is 0 Å². The van der Waals surface area contributed by atoms with Crippen LogP contribution in [0.25, 0.3) is 0 Å². The number of nitrogens with one attached hydrogen (secondary N) is 2. The Labute approximate surface area is 368 Å². The number of carbonyl (C=O) groups is 3. The fourth-order valence-electron chi connectivity index (χ4n) is 7.07. The summed E-state index contributed by atoms with van der Waals surface area (Å²) in [6.45, 7) is 37.2. The Hall–Kier alpha value is -4.53. The van der Waals surface area contributed by atoms with Crippen molar-refractivity contribution in [3.63, 3.8) is 0 Å². The number of rotatable bonds is 9. The molecule has 3 aromatic carbocycles. The molecule has 0 fully saturated rings. The normalized spacial score (nSPS) is 12.6. The van der Waals surface area contributed by atoms with Crippen molar-refractivity contribution in [1.82, 2.24) is 10.9 Å². The lowest BCUT2D eigenvalue weighted by Crippen LogP contribution is -2.41. The molecule has 0 aromatic heterocycles. The van der Waals surface area contributed by atoms with Crippen molar-refractivity contribution in [1.29, 1.82) is 0 Å². The van der Waals surface area contributed by atoms with Crippen LogP contribution < -0.4 is 10.9 Å². The molecule has 0 saturated heterocycles. The second-order valence-electron chi connectivity index (χ2n) is 22.8. The molecule has 0 radical (unpaired) electrons. The molecule has 3 rings (SSSR count). The largest absolute Gasteiger partial charge is 0.507 e. The second kappa shape index (κ2) is 19.7. The maximum Gasteiger partial charge on any atom is 0.305 e. The number of phenolic OH excluding ortho intramolecular Hbond substituents is 3. The predicted octanol–water partition coefficient (Wildman–Crippen LogP) is 11.1. The number of ether oxygens (including phenoxy) is 1. The van der Waals surface area contributed by atoms with Gasteiger partial charge in [-0.05, 0) is 102 Å². The number of hydrazine groups is 1. The minimum Gasteiger partial charge on any atom is -0.507 e. The summed E-state index contributed by atoms with van der Waals surface area (Å²) >= 11 is 0. The van der Waals surface area contributed by atoms with Gasteiger partial charge < -0.3 is 20.1 Å². The minimum atomic E-state index is -0.272. The highest BCUT2D eigenvalue weighted by Crippen LogP contribution is 2.42. The van der Waals surface area contributed by atoms with Crippen molar-refractivity contribution in [2.24, 2.45) is 0 Å². The van der Waals surface area contributed by atoms with Gasteiger partial charge in [-0.3, -0.25) is 25.2 Å². The maximum absolute atomic E-state index is 12.6. The number of benzene rings is 3. The van der Waals surface area contributed by atoms with Gasteiger partial charge in [0.2, 0.25) is 11.8 Å². The summed E-state index contributed by atoms with van der Waals surface area (Å²) in [6, 6.07) is 11.9. The summed E-state index contributed by atoms with van der Waals surface area (Å²) in [6.07, 6.45) is 2.38. The van der Waals surface area contributed by atoms with Gasteiger partial charge >= 0.3 is 5.97 Å². The molecule has 0 bridgehead atoms. The van der Waals surface area contributed by atoms with Crippen LogP contribution in [0, 0.1) is 0 Å². The maximum atomic E-state index is 12.6. The first-order valence-electron chi connectivity index (χ1n) is 21.7. The van der Waals surface area contributed by atoms with Gasteiger partial charge in [0.1, 0.15) is 17.2 Å². The average molecular weight is 845 g/mol. The molecule has 0 unspecified atom stereocenters. The monoisotopic (exact) mass is 845 g/mol. The van der Waals surface area contributed by atoms with Crippen LogP contribution in [0.5, 0.6) is 17.2 Å². The molecule has 9 heteroatoms. The van der Waals surface area contributed by atoms with E-state index < -0.39 is 0 Å². The molecular weight excluding hydrogens is 765 g/mol. The Morgan fingerprint density at radius 2 is 0.607 bits per heavy atom. The Balaban J connectivity index is 0.000000512. The number of aromatic hydroxyl groups is 3. The van der Waals surface area contributed by atoms with Gasteiger partial charge in [0.15, 0.2) is 0 Å². The molecule has 3 aromatic rings. The first kappa shape index (κ1) is 52.6. The van der Waals surface area contributed by atoms with E-state index in [0.29, 0.717) is 42.9 Å². The van der Waals surface area contributed by atoms with Crippen LogP contribution in [0.2, 0.25) is 0 Å². The summed E-state index contributed by atoms with van der Waals surface area (Å²) in [5, 5.41) is 32.5. The van der Waals surface area contributed by atoms with Crippen molar-refractivity contribution in [3.8, 4) is 17.2 Å². The zero-order valence-corrected chi connectivity index (χ0v) is 41.2. The van der Waals surface area contributed by atoms with E-state index in [1.54, 1.807) is 0 Å². The van der Waals surface area contributed by atoms with Crippen molar-refractivity contribution < 1.29 is 34.4 Å². The minimum absolute atomic E-state index is 0.147. The lowest BCUT2D eigenvalue weighted by molar-refractivity contribution is -0.140. The third kappa shape index (κ3) is 15.4. The van der Waals surface area contributed by atoms with Gasteiger partial charge in [-0.1, -0.05) is 161 Å². The van der Waals surface area contributed by atoms with E-state index in [0.717, 1.165) is 50.1 Å². The third-order valence-electron chi connectivity index (χ3n) is 10.8. The van der Waals surface area contributed by atoms with Crippen molar-refractivity contribution in [2.45, 2.75) is 196 Å². The highest BCUT2D eigenvalue weighted by molar-refractivity contribution is 5.82. The highest BCUT2D eigenvalue weighted by atomic mass is 16.5. The van der Waals surface area contributed by atoms with Crippen molar-refractivity contribution in [3.05, 3.63) is 86.5 Å². The van der Waals surface area contributed by atoms with Crippen LogP contribution in [0.1, 0.15) is 194 Å². The van der Waals surface area contributed by atoms with E-state index in [9.17, 15) is 29.7 Å². The Morgan fingerprint density at radius 3 is 0.787 bits per heavy atom. The van der Waals surface area contributed by atoms with Gasteiger partial charge in [-0.15, -0.1) is 0 Å². The molecule has 0 aliphatic carbocycles. The third-order valence-corrected chi connectivity index (χ3v) is 10.8. The predicted molar refractivity (Wildman–Crippen MR) is 250 cm³/mol. The van der Waals surface area contributed by atoms with Gasteiger partial charge in [-0.2, -0.15) is 0 Å². The summed E-state index contributed by atoms with van der Waals surface area (Å²) in [5.41, 5.74) is 12.1. The lowest BCUT2D eigenvalue weighted by atomic mass is 9.78. The van der Waals surface area contributed by atoms with Gasteiger partial charge in [0.05, 0.1) is 7.11 Å². The van der Waals surface area contributed by atoms with E-state index in [2.05, 4.69) is 135 Å². The van der Waals surface area contributed by atoms with Gasteiger partial charge in [0, 0.05) is 19.3 Å². The molecule has 0 aliphatic heterocycles. The SMILES string of the molecule is CC(C)(C)c1cc(CCC(=O)NNC(=O)CCc2cc(C(C)(C)C)c(O)c(C(C)(C)C)c2)cc(C(C)(C)C)c1O.COC(=O)CCc1cc(C(C)(C)C)c(O)c(C(C)(C)C)c1. The molecule has 0 saturated carbocycles. The average Bonchev–Trinajstić information content (AvgIpc) is 3.09. The van der Waals surface area contributed by atoms with Crippen LogP contribution in [0.4, 0.5) is 0 Å². The topological polar surface area (TPSA) is 145 Å². The Morgan fingerprint density at radius 1 is 0.410 bits per heavy atom. The molecular formula is C52H80N2O7.